The number of rotatable bonds is 2. The molecule has 1 amide bonds. The number of benzene rings is 2. The average molecular weight is 274 g/mol. The third kappa shape index (κ3) is 2.07. The second-order valence-corrected chi connectivity index (χ2v) is 5.32. The number of hydrogen-bond donors (Lipinski definition) is 0. The molecule has 0 saturated carbocycles. The molecule has 1 aliphatic heterocycles. The normalized spacial score (nSPS) is 13.7. The summed E-state index contributed by atoms with van der Waals surface area (Å²) in [6.07, 6.45) is 0. The molecular formula is C18H14N2O. The van der Waals surface area contributed by atoms with Gasteiger partial charge in [0.2, 0.25) is 0 Å². The fourth-order valence-electron chi connectivity index (χ4n) is 2.82. The van der Waals surface area contributed by atoms with Crippen LogP contribution in [0.3, 0.4) is 0 Å². The number of aromatic nitrogens is 1. The molecule has 3 aromatic rings. The van der Waals surface area contributed by atoms with E-state index in [4.69, 9.17) is 0 Å². The van der Waals surface area contributed by atoms with Crippen molar-refractivity contribution >= 4 is 16.8 Å². The number of carbonyl (C=O) groups excluding carboxylic acids is 1. The van der Waals surface area contributed by atoms with Gasteiger partial charge in [0.25, 0.3) is 5.91 Å². The van der Waals surface area contributed by atoms with E-state index < -0.39 is 0 Å². The molecule has 1 aliphatic rings. The fourth-order valence-corrected chi connectivity index (χ4v) is 2.82. The van der Waals surface area contributed by atoms with Crippen molar-refractivity contribution in [2.24, 2.45) is 0 Å². The van der Waals surface area contributed by atoms with Crippen LogP contribution in [0.25, 0.3) is 10.9 Å². The van der Waals surface area contributed by atoms with E-state index in [0.29, 0.717) is 13.1 Å². The molecule has 3 nitrogen and oxygen atoms in total. The van der Waals surface area contributed by atoms with E-state index in [9.17, 15) is 4.79 Å². The zero-order chi connectivity index (χ0) is 14.2. The largest absolute Gasteiger partial charge is 0.328 e. The summed E-state index contributed by atoms with van der Waals surface area (Å²) in [5, 5.41) is 1.02. The lowest BCUT2D eigenvalue weighted by atomic mass is 10.1. The molecule has 2 aromatic carbocycles. The number of nitrogens with zero attached hydrogens (tertiary/aromatic N) is 2. The van der Waals surface area contributed by atoms with Gasteiger partial charge < -0.3 is 4.90 Å². The first-order valence-electron chi connectivity index (χ1n) is 7.03. The molecule has 3 heteroatoms. The highest BCUT2D eigenvalue weighted by molar-refractivity contribution is 6.00. The Hall–Kier alpha value is -2.68. The minimum absolute atomic E-state index is 0.0760. The number of amides is 1. The molecule has 0 bridgehead atoms. The summed E-state index contributed by atoms with van der Waals surface area (Å²) >= 11 is 0. The summed E-state index contributed by atoms with van der Waals surface area (Å²) in [4.78, 5) is 19.0. The first-order chi connectivity index (χ1) is 10.3. The van der Waals surface area contributed by atoms with E-state index in [1.54, 1.807) is 0 Å². The second kappa shape index (κ2) is 4.70. The Morgan fingerprint density at radius 2 is 1.76 bits per heavy atom. The fraction of sp³-hybridized carbons (Fsp3) is 0.111. The lowest BCUT2D eigenvalue weighted by molar-refractivity contribution is 0.0766. The Labute approximate surface area is 122 Å². The van der Waals surface area contributed by atoms with E-state index in [1.165, 1.54) is 0 Å². The smallest absolute Gasteiger partial charge is 0.256 e. The molecular weight excluding hydrogens is 260 g/mol. The van der Waals surface area contributed by atoms with Crippen molar-refractivity contribution < 1.29 is 4.79 Å². The van der Waals surface area contributed by atoms with Crippen LogP contribution in [-0.4, -0.2) is 15.8 Å². The topological polar surface area (TPSA) is 33.2 Å². The zero-order valence-electron chi connectivity index (χ0n) is 11.5. The zero-order valence-corrected chi connectivity index (χ0v) is 11.5. The Kier molecular flexibility index (Phi) is 2.71. The highest BCUT2D eigenvalue weighted by atomic mass is 16.2. The molecule has 21 heavy (non-hydrogen) atoms. The highest BCUT2D eigenvalue weighted by Crippen LogP contribution is 2.26. The van der Waals surface area contributed by atoms with Gasteiger partial charge in [0.1, 0.15) is 0 Å². The summed E-state index contributed by atoms with van der Waals surface area (Å²) < 4.78 is 0. The van der Waals surface area contributed by atoms with E-state index >= 15 is 0 Å². The Bertz CT molecular complexity index is 827. The number of para-hydroxylation sites is 1. The van der Waals surface area contributed by atoms with Gasteiger partial charge in [-0.05, 0) is 17.7 Å². The first-order valence-corrected chi connectivity index (χ1v) is 7.03. The maximum absolute atomic E-state index is 12.5. The predicted molar refractivity (Wildman–Crippen MR) is 81.8 cm³/mol. The molecule has 0 atom stereocenters. The monoisotopic (exact) mass is 274 g/mol. The van der Waals surface area contributed by atoms with E-state index in [-0.39, 0.29) is 5.91 Å². The van der Waals surface area contributed by atoms with Gasteiger partial charge in [0.15, 0.2) is 0 Å². The van der Waals surface area contributed by atoms with Crippen LogP contribution >= 0.6 is 0 Å². The Balaban J connectivity index is 1.69. The second-order valence-electron chi connectivity index (χ2n) is 5.32. The van der Waals surface area contributed by atoms with Crippen LogP contribution in [-0.2, 0) is 13.1 Å². The van der Waals surface area contributed by atoms with Crippen LogP contribution in [0.2, 0.25) is 0 Å². The van der Waals surface area contributed by atoms with Crippen LogP contribution in [0, 0.1) is 0 Å². The van der Waals surface area contributed by atoms with Gasteiger partial charge in [0, 0.05) is 11.9 Å². The van der Waals surface area contributed by atoms with Crippen LogP contribution < -0.4 is 0 Å². The van der Waals surface area contributed by atoms with Crippen molar-refractivity contribution in [3.05, 3.63) is 77.5 Å². The number of hydrogen-bond acceptors (Lipinski definition) is 2. The molecule has 0 radical (unpaired) electrons. The third-order valence-electron chi connectivity index (χ3n) is 3.88. The van der Waals surface area contributed by atoms with Crippen LogP contribution in [0.1, 0.15) is 21.6 Å². The lowest BCUT2D eigenvalue weighted by Gasteiger charge is -2.14. The summed E-state index contributed by atoms with van der Waals surface area (Å²) in [5.41, 5.74) is 3.72. The average Bonchev–Trinajstić information content (AvgIpc) is 2.82. The third-order valence-corrected chi connectivity index (χ3v) is 3.88. The summed E-state index contributed by atoms with van der Waals surface area (Å²) in [6.45, 7) is 1.22. The van der Waals surface area contributed by atoms with Gasteiger partial charge in [0.05, 0.1) is 23.3 Å². The minimum atomic E-state index is 0.0760. The molecule has 2 heterocycles. The minimum Gasteiger partial charge on any atom is -0.328 e. The van der Waals surface area contributed by atoms with Gasteiger partial charge in [-0.3, -0.25) is 9.78 Å². The Morgan fingerprint density at radius 3 is 2.62 bits per heavy atom. The van der Waals surface area contributed by atoms with Crippen molar-refractivity contribution in [1.29, 1.82) is 0 Å². The number of fused-ring (bicyclic) bond motifs is 2. The first kappa shape index (κ1) is 12.1. The van der Waals surface area contributed by atoms with E-state index in [0.717, 1.165) is 27.7 Å². The molecule has 0 spiro atoms. The molecule has 0 N–H and O–H groups in total. The molecule has 1 aromatic heterocycles. The molecule has 4 rings (SSSR count). The van der Waals surface area contributed by atoms with Crippen molar-refractivity contribution in [1.82, 2.24) is 9.88 Å². The SMILES string of the molecule is O=C1c2cc3ccccc3nc2CN1Cc1ccccc1. The maximum atomic E-state index is 12.5. The number of carbonyl (C=O) groups is 1. The predicted octanol–water partition coefficient (Wildman–Crippen LogP) is 3.39. The summed E-state index contributed by atoms with van der Waals surface area (Å²) in [5.74, 6) is 0.0760. The van der Waals surface area contributed by atoms with E-state index in [1.807, 2.05) is 65.6 Å². The quantitative estimate of drug-likeness (QED) is 0.717. The molecule has 102 valence electrons. The van der Waals surface area contributed by atoms with Crippen molar-refractivity contribution in [3.63, 3.8) is 0 Å². The molecule has 0 aliphatic carbocycles. The standard InChI is InChI=1S/C18H14N2O/c21-18-15-10-14-8-4-5-9-16(14)19-17(15)12-20(18)11-13-6-2-1-3-7-13/h1-10H,11-12H2. The van der Waals surface area contributed by atoms with Crippen molar-refractivity contribution in [3.8, 4) is 0 Å². The van der Waals surface area contributed by atoms with Gasteiger partial charge in [-0.25, -0.2) is 0 Å². The van der Waals surface area contributed by atoms with Crippen LogP contribution in [0.4, 0.5) is 0 Å². The number of pyridine rings is 1. The highest BCUT2D eigenvalue weighted by Gasteiger charge is 2.28. The lowest BCUT2D eigenvalue weighted by Crippen LogP contribution is -2.23. The van der Waals surface area contributed by atoms with Crippen molar-refractivity contribution in [2.75, 3.05) is 0 Å². The molecule has 0 fully saturated rings. The molecule has 0 saturated heterocycles. The van der Waals surface area contributed by atoms with Gasteiger partial charge >= 0.3 is 0 Å². The van der Waals surface area contributed by atoms with E-state index in [2.05, 4.69) is 4.98 Å². The molecule has 0 unspecified atom stereocenters. The van der Waals surface area contributed by atoms with Crippen LogP contribution in [0.5, 0.6) is 0 Å². The van der Waals surface area contributed by atoms with Gasteiger partial charge in [-0.2, -0.15) is 0 Å². The van der Waals surface area contributed by atoms with Gasteiger partial charge in [-0.1, -0.05) is 48.5 Å². The summed E-state index contributed by atoms with van der Waals surface area (Å²) in [6, 6.07) is 19.9. The maximum Gasteiger partial charge on any atom is 0.256 e. The van der Waals surface area contributed by atoms with Crippen molar-refractivity contribution in [2.45, 2.75) is 13.1 Å². The van der Waals surface area contributed by atoms with Crippen LogP contribution in [0.15, 0.2) is 60.7 Å². The van der Waals surface area contributed by atoms with Gasteiger partial charge in [-0.15, -0.1) is 0 Å². The summed E-state index contributed by atoms with van der Waals surface area (Å²) in [7, 11) is 0. The Morgan fingerprint density at radius 1 is 1.00 bits per heavy atom.